The number of rotatable bonds is 7. The van der Waals surface area contributed by atoms with E-state index in [0.29, 0.717) is 11.5 Å². The molecule has 0 bridgehead atoms. The van der Waals surface area contributed by atoms with Crippen molar-refractivity contribution in [2.24, 2.45) is 4.99 Å². The van der Waals surface area contributed by atoms with E-state index in [1.165, 1.54) is 17.4 Å². The lowest BCUT2D eigenvalue weighted by molar-refractivity contribution is -0.153. The molecule has 3 aromatic rings. The van der Waals surface area contributed by atoms with Crippen LogP contribution in [0.25, 0.3) is 10.1 Å². The first-order valence-electron chi connectivity index (χ1n) is 9.24. The summed E-state index contributed by atoms with van der Waals surface area (Å²) in [5, 5.41) is 17.6. The zero-order valence-electron chi connectivity index (χ0n) is 16.6. The highest BCUT2D eigenvalue weighted by Crippen LogP contribution is 2.29. The number of ether oxygens (including phenoxy) is 1. The Hall–Kier alpha value is -2.05. The van der Waals surface area contributed by atoms with E-state index in [1.807, 2.05) is 30.3 Å². The summed E-state index contributed by atoms with van der Waals surface area (Å²) in [6.45, 7) is -0.899. The Balaban J connectivity index is 0.00000341. The van der Waals surface area contributed by atoms with Gasteiger partial charge in [0.05, 0.1) is 0 Å². The van der Waals surface area contributed by atoms with Gasteiger partial charge in [0.15, 0.2) is 12.6 Å². The number of aliphatic imine (C=N–C) groups is 1. The predicted molar refractivity (Wildman–Crippen MR) is 128 cm³/mol. The molecule has 31 heavy (non-hydrogen) atoms. The largest absolute Gasteiger partial charge is 0.484 e. The number of aliphatic hydroxyl groups is 1. The molecule has 0 aliphatic carbocycles. The molecular formula is C21H23F3IN3O2S. The summed E-state index contributed by atoms with van der Waals surface area (Å²) in [6, 6.07) is 16.4. The summed E-state index contributed by atoms with van der Waals surface area (Å²) in [6.07, 6.45) is -5.12. The minimum Gasteiger partial charge on any atom is -0.484 e. The van der Waals surface area contributed by atoms with Crippen molar-refractivity contribution >= 4 is 51.4 Å². The lowest BCUT2D eigenvalue weighted by Gasteiger charge is -2.16. The fraction of sp³-hybridized carbons (Fsp3) is 0.286. The maximum atomic E-state index is 12.4. The van der Waals surface area contributed by atoms with Crippen LogP contribution in [0.4, 0.5) is 13.2 Å². The van der Waals surface area contributed by atoms with Gasteiger partial charge in [0.2, 0.25) is 0 Å². The molecule has 10 heteroatoms. The van der Waals surface area contributed by atoms with E-state index in [-0.39, 0.29) is 42.8 Å². The van der Waals surface area contributed by atoms with Crippen molar-refractivity contribution in [2.75, 3.05) is 20.2 Å². The Morgan fingerprint density at radius 2 is 1.84 bits per heavy atom. The Morgan fingerprint density at radius 1 is 1.13 bits per heavy atom. The number of halogens is 4. The SMILES string of the molecule is CN=C(NCc1ccccc1OCC(F)(F)F)NCC(O)c1cc2ccccc2s1.I. The molecule has 1 atom stereocenters. The normalized spacial score (nSPS) is 12.9. The Labute approximate surface area is 199 Å². The zero-order chi connectivity index (χ0) is 21.6. The third-order valence-electron chi connectivity index (χ3n) is 4.27. The van der Waals surface area contributed by atoms with Crippen LogP contribution in [0, 0.1) is 0 Å². The Kier molecular flexibility index (Phi) is 9.38. The van der Waals surface area contributed by atoms with E-state index < -0.39 is 18.9 Å². The van der Waals surface area contributed by atoms with Crippen LogP contribution in [0.2, 0.25) is 0 Å². The summed E-state index contributed by atoms with van der Waals surface area (Å²) >= 11 is 1.53. The number of hydrogen-bond donors (Lipinski definition) is 3. The van der Waals surface area contributed by atoms with Crippen LogP contribution >= 0.6 is 35.3 Å². The number of aliphatic hydroxyl groups excluding tert-OH is 1. The van der Waals surface area contributed by atoms with Crippen LogP contribution in [-0.2, 0) is 6.54 Å². The highest BCUT2D eigenvalue weighted by atomic mass is 127. The monoisotopic (exact) mass is 565 g/mol. The summed E-state index contributed by atoms with van der Waals surface area (Å²) in [4.78, 5) is 4.93. The second-order valence-electron chi connectivity index (χ2n) is 6.52. The van der Waals surface area contributed by atoms with Crippen LogP contribution < -0.4 is 15.4 Å². The zero-order valence-corrected chi connectivity index (χ0v) is 19.8. The Morgan fingerprint density at radius 3 is 2.55 bits per heavy atom. The van der Waals surface area contributed by atoms with Gasteiger partial charge in [0.25, 0.3) is 0 Å². The van der Waals surface area contributed by atoms with E-state index in [9.17, 15) is 18.3 Å². The van der Waals surface area contributed by atoms with Crippen LogP contribution in [0.3, 0.4) is 0 Å². The molecule has 0 spiro atoms. The maximum Gasteiger partial charge on any atom is 0.422 e. The van der Waals surface area contributed by atoms with Gasteiger partial charge in [0.1, 0.15) is 11.9 Å². The van der Waals surface area contributed by atoms with Crippen molar-refractivity contribution in [1.82, 2.24) is 10.6 Å². The summed E-state index contributed by atoms with van der Waals surface area (Å²) in [5.41, 5.74) is 0.565. The van der Waals surface area contributed by atoms with Gasteiger partial charge in [-0.05, 0) is 23.6 Å². The predicted octanol–water partition coefficient (Wildman–Crippen LogP) is 4.86. The fourth-order valence-corrected chi connectivity index (χ4v) is 3.86. The van der Waals surface area contributed by atoms with Crippen molar-refractivity contribution < 1.29 is 23.0 Å². The van der Waals surface area contributed by atoms with Gasteiger partial charge in [-0.15, -0.1) is 35.3 Å². The number of fused-ring (bicyclic) bond motifs is 1. The number of guanidine groups is 1. The lowest BCUT2D eigenvalue weighted by Crippen LogP contribution is -2.39. The molecule has 168 valence electrons. The first kappa shape index (κ1) is 25.2. The molecule has 0 radical (unpaired) electrons. The smallest absolute Gasteiger partial charge is 0.422 e. The first-order valence-corrected chi connectivity index (χ1v) is 10.1. The molecule has 0 aliphatic heterocycles. The highest BCUT2D eigenvalue weighted by molar-refractivity contribution is 14.0. The molecule has 0 aliphatic rings. The topological polar surface area (TPSA) is 65.9 Å². The summed E-state index contributed by atoms with van der Waals surface area (Å²) in [7, 11) is 1.58. The van der Waals surface area contributed by atoms with E-state index in [2.05, 4.69) is 15.6 Å². The third kappa shape index (κ3) is 7.54. The fourth-order valence-electron chi connectivity index (χ4n) is 2.81. The van der Waals surface area contributed by atoms with Gasteiger partial charge in [-0.3, -0.25) is 4.99 Å². The molecule has 1 unspecified atom stereocenters. The average molecular weight is 565 g/mol. The van der Waals surface area contributed by atoms with Crippen molar-refractivity contribution in [3.05, 3.63) is 65.0 Å². The summed E-state index contributed by atoms with van der Waals surface area (Å²) < 4.78 is 43.3. The van der Waals surface area contributed by atoms with Gasteiger partial charge in [-0.2, -0.15) is 13.2 Å². The molecule has 5 nitrogen and oxygen atoms in total. The van der Waals surface area contributed by atoms with Crippen molar-refractivity contribution in [2.45, 2.75) is 18.8 Å². The second kappa shape index (κ2) is 11.5. The number of hydrogen-bond acceptors (Lipinski definition) is 4. The number of alkyl halides is 3. The van der Waals surface area contributed by atoms with Crippen LogP contribution in [0.1, 0.15) is 16.5 Å². The van der Waals surface area contributed by atoms with Crippen LogP contribution in [0.5, 0.6) is 5.75 Å². The van der Waals surface area contributed by atoms with Gasteiger partial charge < -0.3 is 20.5 Å². The van der Waals surface area contributed by atoms with Crippen molar-refractivity contribution in [3.63, 3.8) is 0 Å². The minimum atomic E-state index is -4.40. The van der Waals surface area contributed by atoms with Gasteiger partial charge in [-0.25, -0.2) is 0 Å². The van der Waals surface area contributed by atoms with E-state index >= 15 is 0 Å². The molecule has 2 aromatic carbocycles. The number of para-hydroxylation sites is 1. The molecule has 1 aromatic heterocycles. The molecule has 0 amide bonds. The van der Waals surface area contributed by atoms with Crippen molar-refractivity contribution in [1.29, 1.82) is 0 Å². The van der Waals surface area contributed by atoms with Gasteiger partial charge in [-0.1, -0.05) is 36.4 Å². The standard InChI is InChI=1S/C21H22F3N3O2S.HI/c1-25-20(26-11-15-7-2-4-8-17(15)29-13-21(22,23)24)27-12-16(28)19-10-14-6-3-5-9-18(14)30-19;/h2-10,16,28H,11-13H2,1H3,(H2,25,26,27);1H. The van der Waals surface area contributed by atoms with E-state index in [1.54, 1.807) is 25.2 Å². The third-order valence-corrected chi connectivity index (χ3v) is 5.49. The quantitative estimate of drug-likeness (QED) is 0.218. The molecule has 0 saturated heterocycles. The number of nitrogens with zero attached hydrogens (tertiary/aromatic N) is 1. The van der Waals surface area contributed by atoms with E-state index in [0.717, 1.165) is 15.0 Å². The molecule has 0 fully saturated rings. The van der Waals surface area contributed by atoms with E-state index in [4.69, 9.17) is 4.74 Å². The van der Waals surface area contributed by atoms with Crippen LogP contribution in [-0.4, -0.2) is 37.4 Å². The highest BCUT2D eigenvalue weighted by Gasteiger charge is 2.28. The average Bonchev–Trinajstić information content (AvgIpc) is 3.16. The van der Waals surface area contributed by atoms with Gasteiger partial charge >= 0.3 is 6.18 Å². The number of nitrogens with one attached hydrogen (secondary N) is 2. The minimum absolute atomic E-state index is 0. The molecule has 3 rings (SSSR count). The summed E-state index contributed by atoms with van der Waals surface area (Å²) in [5.74, 6) is 0.573. The molecule has 0 saturated carbocycles. The molecule has 1 heterocycles. The van der Waals surface area contributed by atoms with Crippen LogP contribution in [0.15, 0.2) is 59.6 Å². The number of benzene rings is 2. The van der Waals surface area contributed by atoms with Crippen molar-refractivity contribution in [3.8, 4) is 5.75 Å². The Bertz CT molecular complexity index is 978. The molecule has 3 N–H and O–H groups in total. The van der Waals surface area contributed by atoms with Gasteiger partial charge in [0, 0.05) is 35.3 Å². The maximum absolute atomic E-state index is 12.4. The number of thiophene rings is 1. The lowest BCUT2D eigenvalue weighted by atomic mass is 10.2. The first-order chi connectivity index (χ1) is 14.4. The molecular weight excluding hydrogens is 542 g/mol. The second-order valence-corrected chi connectivity index (χ2v) is 7.64.